The van der Waals surface area contributed by atoms with Crippen molar-refractivity contribution in [2.45, 2.75) is 51.2 Å². The maximum atomic E-state index is 12.6. The van der Waals surface area contributed by atoms with Crippen molar-refractivity contribution < 1.29 is 13.2 Å². The monoisotopic (exact) mass is 209 g/mol. The van der Waals surface area contributed by atoms with Gasteiger partial charge in [-0.1, -0.05) is 19.8 Å². The molecule has 1 fully saturated rings. The quantitative estimate of drug-likeness (QED) is 0.753. The first-order valence-corrected chi connectivity index (χ1v) is 5.35. The Hall–Kier alpha value is -0.250. The fraction of sp³-hybridized carbons (Fsp3) is 1.00. The van der Waals surface area contributed by atoms with Crippen molar-refractivity contribution >= 4 is 0 Å². The Morgan fingerprint density at radius 2 is 2.07 bits per heavy atom. The summed E-state index contributed by atoms with van der Waals surface area (Å²) in [5.74, 6) is -1.12. The third kappa shape index (κ3) is 3.15. The summed E-state index contributed by atoms with van der Waals surface area (Å²) in [7, 11) is 0. The fourth-order valence-corrected chi connectivity index (χ4v) is 2.07. The van der Waals surface area contributed by atoms with Gasteiger partial charge in [0, 0.05) is 6.04 Å². The molecule has 0 amide bonds. The van der Waals surface area contributed by atoms with Crippen molar-refractivity contribution in [2.24, 2.45) is 5.92 Å². The molecule has 0 bridgehead atoms. The van der Waals surface area contributed by atoms with Gasteiger partial charge < -0.3 is 5.32 Å². The van der Waals surface area contributed by atoms with Gasteiger partial charge in [0.05, 0.1) is 5.92 Å². The van der Waals surface area contributed by atoms with Crippen LogP contribution in [0.25, 0.3) is 0 Å². The highest BCUT2D eigenvalue weighted by Crippen LogP contribution is 2.35. The van der Waals surface area contributed by atoms with Crippen molar-refractivity contribution in [1.29, 1.82) is 0 Å². The maximum Gasteiger partial charge on any atom is 0.393 e. The van der Waals surface area contributed by atoms with Gasteiger partial charge in [0.25, 0.3) is 0 Å². The van der Waals surface area contributed by atoms with E-state index in [1.807, 2.05) is 6.92 Å². The molecule has 2 unspecified atom stereocenters. The van der Waals surface area contributed by atoms with E-state index >= 15 is 0 Å². The van der Waals surface area contributed by atoms with Crippen LogP contribution in [0.1, 0.15) is 39.0 Å². The van der Waals surface area contributed by atoms with E-state index in [2.05, 4.69) is 5.32 Å². The summed E-state index contributed by atoms with van der Waals surface area (Å²) in [6, 6.07) is -0.344. The Morgan fingerprint density at radius 3 is 2.64 bits per heavy atom. The summed E-state index contributed by atoms with van der Waals surface area (Å²) in [4.78, 5) is 0. The minimum atomic E-state index is -4.02. The van der Waals surface area contributed by atoms with Crippen LogP contribution in [0.4, 0.5) is 13.2 Å². The minimum Gasteiger partial charge on any atom is -0.313 e. The van der Waals surface area contributed by atoms with E-state index < -0.39 is 12.1 Å². The van der Waals surface area contributed by atoms with Crippen molar-refractivity contribution in [3.63, 3.8) is 0 Å². The first-order chi connectivity index (χ1) is 6.55. The number of hydrogen-bond acceptors (Lipinski definition) is 1. The van der Waals surface area contributed by atoms with Crippen LogP contribution in [-0.2, 0) is 0 Å². The Bertz CT molecular complexity index is 167. The lowest BCUT2D eigenvalue weighted by atomic mass is 9.87. The molecular weight excluding hydrogens is 191 g/mol. The Balaban J connectivity index is 2.50. The SMILES string of the molecule is CCCCC1NCCCC1C(F)(F)F. The summed E-state index contributed by atoms with van der Waals surface area (Å²) >= 11 is 0. The molecule has 1 aliphatic heterocycles. The molecule has 1 heterocycles. The molecule has 1 saturated heterocycles. The molecule has 1 rings (SSSR count). The summed E-state index contributed by atoms with van der Waals surface area (Å²) in [6.07, 6.45) is -0.586. The van der Waals surface area contributed by atoms with Crippen molar-refractivity contribution in [2.75, 3.05) is 6.54 Å². The first-order valence-electron chi connectivity index (χ1n) is 5.35. The molecule has 2 atom stereocenters. The Morgan fingerprint density at radius 1 is 1.36 bits per heavy atom. The minimum absolute atomic E-state index is 0.297. The van der Waals surface area contributed by atoms with Crippen molar-refractivity contribution in [3.05, 3.63) is 0 Å². The molecule has 84 valence electrons. The number of piperidine rings is 1. The lowest BCUT2D eigenvalue weighted by Crippen LogP contribution is -2.47. The molecular formula is C10H18F3N. The highest BCUT2D eigenvalue weighted by Gasteiger charge is 2.44. The molecule has 14 heavy (non-hydrogen) atoms. The van der Waals surface area contributed by atoms with Crippen LogP contribution in [0.2, 0.25) is 0 Å². The van der Waals surface area contributed by atoms with Crippen molar-refractivity contribution in [3.8, 4) is 0 Å². The predicted molar refractivity (Wildman–Crippen MR) is 50.1 cm³/mol. The molecule has 1 N–H and O–H groups in total. The molecule has 0 saturated carbocycles. The number of hydrogen-bond donors (Lipinski definition) is 1. The molecule has 4 heteroatoms. The van der Waals surface area contributed by atoms with Crippen LogP contribution in [0.3, 0.4) is 0 Å². The van der Waals surface area contributed by atoms with Crippen LogP contribution in [0.15, 0.2) is 0 Å². The Kier molecular flexibility index (Phi) is 4.23. The van der Waals surface area contributed by atoms with Gasteiger partial charge in [0.2, 0.25) is 0 Å². The normalized spacial score (nSPS) is 29.1. The largest absolute Gasteiger partial charge is 0.393 e. The van der Waals surface area contributed by atoms with Crippen LogP contribution in [0.5, 0.6) is 0 Å². The molecule has 0 radical (unpaired) electrons. The molecule has 0 aromatic rings. The number of rotatable bonds is 3. The zero-order valence-electron chi connectivity index (χ0n) is 8.53. The number of alkyl halides is 3. The summed E-state index contributed by atoms with van der Waals surface area (Å²) < 4.78 is 37.7. The smallest absolute Gasteiger partial charge is 0.313 e. The first kappa shape index (κ1) is 11.8. The van der Waals surface area contributed by atoms with Gasteiger partial charge >= 0.3 is 6.18 Å². The van der Waals surface area contributed by atoms with Gasteiger partial charge in [-0.2, -0.15) is 13.2 Å². The average molecular weight is 209 g/mol. The van der Waals surface area contributed by atoms with E-state index in [0.717, 1.165) is 19.4 Å². The van der Waals surface area contributed by atoms with E-state index in [1.54, 1.807) is 0 Å². The maximum absolute atomic E-state index is 12.6. The number of unbranched alkanes of at least 4 members (excludes halogenated alkanes) is 1. The second kappa shape index (κ2) is 5.01. The summed E-state index contributed by atoms with van der Waals surface area (Å²) in [5, 5.41) is 2.99. The number of halogens is 3. The third-order valence-electron chi connectivity index (χ3n) is 2.87. The van der Waals surface area contributed by atoms with Crippen molar-refractivity contribution in [1.82, 2.24) is 5.32 Å². The predicted octanol–water partition coefficient (Wildman–Crippen LogP) is 3.11. The van der Waals surface area contributed by atoms with Gasteiger partial charge in [0.15, 0.2) is 0 Å². The van der Waals surface area contributed by atoms with E-state index in [4.69, 9.17) is 0 Å². The Labute approximate surface area is 83.1 Å². The molecule has 0 aromatic heterocycles. The van der Waals surface area contributed by atoms with E-state index in [1.165, 1.54) is 0 Å². The standard InChI is InChI=1S/C10H18F3N/c1-2-3-6-9-8(10(11,12)13)5-4-7-14-9/h8-9,14H,2-7H2,1H3. The zero-order chi connectivity index (χ0) is 10.6. The summed E-state index contributed by atoms with van der Waals surface area (Å²) in [5.41, 5.74) is 0. The van der Waals surface area contributed by atoms with E-state index in [-0.39, 0.29) is 6.04 Å². The fourth-order valence-electron chi connectivity index (χ4n) is 2.07. The second-order valence-corrected chi connectivity index (χ2v) is 3.99. The summed E-state index contributed by atoms with van der Waals surface area (Å²) in [6.45, 7) is 2.74. The van der Waals surface area contributed by atoms with Crippen LogP contribution < -0.4 is 5.32 Å². The average Bonchev–Trinajstić information content (AvgIpc) is 2.14. The molecule has 0 spiro atoms. The molecule has 1 aliphatic rings. The second-order valence-electron chi connectivity index (χ2n) is 3.99. The van der Waals surface area contributed by atoms with Gasteiger partial charge in [-0.05, 0) is 25.8 Å². The van der Waals surface area contributed by atoms with Crippen LogP contribution in [-0.4, -0.2) is 18.8 Å². The lowest BCUT2D eigenvalue weighted by Gasteiger charge is -2.34. The van der Waals surface area contributed by atoms with Gasteiger partial charge in [-0.25, -0.2) is 0 Å². The topological polar surface area (TPSA) is 12.0 Å². The molecule has 0 aromatic carbocycles. The highest BCUT2D eigenvalue weighted by molar-refractivity contribution is 4.85. The lowest BCUT2D eigenvalue weighted by molar-refractivity contribution is -0.188. The van der Waals surface area contributed by atoms with Crippen LogP contribution in [0, 0.1) is 5.92 Å². The molecule has 1 nitrogen and oxygen atoms in total. The van der Waals surface area contributed by atoms with E-state index in [9.17, 15) is 13.2 Å². The number of nitrogens with one attached hydrogen (secondary N) is 1. The van der Waals surface area contributed by atoms with Crippen LogP contribution >= 0.6 is 0 Å². The van der Waals surface area contributed by atoms with Gasteiger partial charge in [-0.15, -0.1) is 0 Å². The van der Waals surface area contributed by atoms with Gasteiger partial charge in [-0.3, -0.25) is 0 Å². The third-order valence-corrected chi connectivity index (χ3v) is 2.87. The molecule has 0 aliphatic carbocycles. The highest BCUT2D eigenvalue weighted by atomic mass is 19.4. The zero-order valence-corrected chi connectivity index (χ0v) is 8.53. The van der Waals surface area contributed by atoms with E-state index in [0.29, 0.717) is 19.3 Å². The van der Waals surface area contributed by atoms with Gasteiger partial charge in [0.1, 0.15) is 0 Å².